The van der Waals surface area contributed by atoms with E-state index >= 15 is 0 Å². The van der Waals surface area contributed by atoms with E-state index in [-0.39, 0.29) is 17.1 Å². The zero-order valence-corrected chi connectivity index (χ0v) is 20.5. The standard InChI is InChI=1S/C28H37NO4/c1-5-6-7-8-9-10-11-19-12-13-22(32-24-15-14-23(33-24)27(30)31-4)26-25(19)20-16-17-28(2,3)18-21(20)29-26/h12-15,19H,5-11,16-18H2,1-4H3. The van der Waals surface area contributed by atoms with E-state index in [2.05, 4.69) is 26.8 Å². The topological polar surface area (TPSA) is 61.0 Å². The third-order valence-corrected chi connectivity index (χ3v) is 7.00. The maximum absolute atomic E-state index is 11.7. The zero-order valence-electron chi connectivity index (χ0n) is 20.5. The SMILES string of the molecule is CCCCCCCCC1C=CC(Oc2ccc(C(=O)OC)o2)=C2N=C3CC(C)(C)CCC3=C21. The molecule has 1 aromatic heterocycles. The number of esters is 1. The number of allylic oxidation sites excluding steroid dienone is 4. The highest BCUT2D eigenvalue weighted by atomic mass is 16.6. The summed E-state index contributed by atoms with van der Waals surface area (Å²) in [4.78, 5) is 16.8. The summed E-state index contributed by atoms with van der Waals surface area (Å²) in [5, 5.41) is 0. The molecule has 5 heteroatoms. The molecule has 1 saturated carbocycles. The minimum absolute atomic E-state index is 0.130. The van der Waals surface area contributed by atoms with E-state index < -0.39 is 5.97 Å². The molecule has 4 rings (SSSR count). The summed E-state index contributed by atoms with van der Waals surface area (Å²) in [5.74, 6) is 0.973. The van der Waals surface area contributed by atoms with Gasteiger partial charge in [-0.15, -0.1) is 0 Å². The highest BCUT2D eigenvalue weighted by Gasteiger charge is 2.38. The molecular weight excluding hydrogens is 414 g/mol. The number of furan rings is 1. The van der Waals surface area contributed by atoms with Crippen molar-refractivity contribution in [3.63, 3.8) is 0 Å². The summed E-state index contributed by atoms with van der Waals surface area (Å²) in [7, 11) is 1.33. The summed E-state index contributed by atoms with van der Waals surface area (Å²) < 4.78 is 16.4. The molecule has 0 bridgehead atoms. The van der Waals surface area contributed by atoms with Gasteiger partial charge in [0.2, 0.25) is 5.76 Å². The van der Waals surface area contributed by atoms with Gasteiger partial charge in [-0.25, -0.2) is 9.79 Å². The molecule has 0 radical (unpaired) electrons. The van der Waals surface area contributed by atoms with Gasteiger partial charge in [0.15, 0.2) is 5.76 Å². The molecule has 3 aliphatic rings. The fourth-order valence-electron chi connectivity index (χ4n) is 5.12. The predicted molar refractivity (Wildman–Crippen MR) is 130 cm³/mol. The van der Waals surface area contributed by atoms with Gasteiger partial charge in [-0.2, -0.15) is 0 Å². The first-order chi connectivity index (χ1) is 15.9. The second kappa shape index (κ2) is 10.1. The van der Waals surface area contributed by atoms with Crippen molar-refractivity contribution in [2.45, 2.75) is 85.0 Å². The number of carbonyl (C=O) groups is 1. The number of hydrogen-bond acceptors (Lipinski definition) is 5. The van der Waals surface area contributed by atoms with Crippen molar-refractivity contribution in [1.82, 2.24) is 0 Å². The maximum atomic E-state index is 11.7. The van der Waals surface area contributed by atoms with Crippen LogP contribution in [0.2, 0.25) is 0 Å². The summed E-state index contributed by atoms with van der Waals surface area (Å²) in [6.07, 6.45) is 16.5. The van der Waals surface area contributed by atoms with Crippen LogP contribution in [0.4, 0.5) is 0 Å². The third-order valence-electron chi connectivity index (χ3n) is 7.00. The second-order valence-electron chi connectivity index (χ2n) is 10.2. The lowest BCUT2D eigenvalue weighted by molar-refractivity contribution is 0.0559. The summed E-state index contributed by atoms with van der Waals surface area (Å²) in [5.41, 5.74) is 5.24. The Bertz CT molecular complexity index is 1000. The van der Waals surface area contributed by atoms with Crippen LogP contribution >= 0.6 is 0 Å². The van der Waals surface area contributed by atoms with Crippen LogP contribution in [0.1, 0.15) is 95.5 Å². The third kappa shape index (κ3) is 5.34. The van der Waals surface area contributed by atoms with Gasteiger partial charge in [-0.3, -0.25) is 0 Å². The summed E-state index contributed by atoms with van der Waals surface area (Å²) >= 11 is 0. The van der Waals surface area contributed by atoms with E-state index in [1.807, 2.05) is 6.08 Å². The number of methoxy groups -OCH3 is 1. The Morgan fingerprint density at radius 3 is 2.76 bits per heavy atom. The molecule has 2 aliphatic carbocycles. The first-order valence-corrected chi connectivity index (χ1v) is 12.5. The van der Waals surface area contributed by atoms with Crippen LogP contribution in [0, 0.1) is 11.3 Å². The monoisotopic (exact) mass is 451 g/mol. The van der Waals surface area contributed by atoms with E-state index in [9.17, 15) is 4.79 Å². The maximum Gasteiger partial charge on any atom is 0.374 e. The molecule has 1 atom stereocenters. The smallest absolute Gasteiger partial charge is 0.374 e. The summed E-state index contributed by atoms with van der Waals surface area (Å²) in [6.45, 7) is 6.91. The Balaban J connectivity index is 1.55. The molecule has 1 aliphatic heterocycles. The number of aliphatic imine (C=N–C) groups is 1. The van der Waals surface area contributed by atoms with Gasteiger partial charge in [0.05, 0.1) is 7.11 Å². The number of ether oxygens (including phenoxy) is 2. The molecule has 2 heterocycles. The van der Waals surface area contributed by atoms with Gasteiger partial charge in [-0.05, 0) is 54.4 Å². The molecule has 33 heavy (non-hydrogen) atoms. The molecular formula is C28H37NO4. The van der Waals surface area contributed by atoms with Gasteiger partial charge < -0.3 is 13.9 Å². The Kier molecular flexibility index (Phi) is 7.26. The number of hydrogen-bond donors (Lipinski definition) is 0. The molecule has 178 valence electrons. The zero-order chi connectivity index (χ0) is 23.4. The Morgan fingerprint density at radius 2 is 1.97 bits per heavy atom. The number of nitrogens with zero attached hydrogens (tertiary/aromatic N) is 1. The highest BCUT2D eigenvalue weighted by molar-refractivity contribution is 6.06. The molecule has 1 aromatic rings. The van der Waals surface area contributed by atoms with Gasteiger partial charge >= 0.3 is 5.97 Å². The molecule has 0 amide bonds. The second-order valence-corrected chi connectivity index (χ2v) is 10.2. The lowest BCUT2D eigenvalue weighted by Crippen LogP contribution is -2.24. The van der Waals surface area contributed by atoms with Crippen molar-refractivity contribution in [3.8, 4) is 5.95 Å². The van der Waals surface area contributed by atoms with Crippen molar-refractivity contribution in [3.05, 3.63) is 52.6 Å². The van der Waals surface area contributed by atoms with E-state index in [1.54, 1.807) is 12.1 Å². The van der Waals surface area contributed by atoms with Crippen LogP contribution in [-0.2, 0) is 4.74 Å². The van der Waals surface area contributed by atoms with Gasteiger partial charge in [-0.1, -0.05) is 65.4 Å². The minimum Gasteiger partial charge on any atom is -0.463 e. The van der Waals surface area contributed by atoms with E-state index in [4.69, 9.17) is 18.9 Å². The predicted octanol–water partition coefficient (Wildman–Crippen LogP) is 7.55. The average Bonchev–Trinajstić information content (AvgIpc) is 3.40. The van der Waals surface area contributed by atoms with Crippen LogP contribution in [0.3, 0.4) is 0 Å². The number of unbranched alkanes of at least 4 members (excludes halogenated alkanes) is 5. The van der Waals surface area contributed by atoms with Gasteiger partial charge in [0.25, 0.3) is 5.95 Å². The molecule has 0 saturated heterocycles. The highest BCUT2D eigenvalue weighted by Crippen LogP contribution is 2.47. The Morgan fingerprint density at radius 1 is 1.18 bits per heavy atom. The average molecular weight is 452 g/mol. The Hall–Kier alpha value is -2.56. The molecule has 0 aromatic carbocycles. The number of rotatable bonds is 10. The molecule has 1 unspecified atom stereocenters. The minimum atomic E-state index is -0.516. The first-order valence-electron chi connectivity index (χ1n) is 12.5. The van der Waals surface area contributed by atoms with Gasteiger partial charge in [0, 0.05) is 17.7 Å². The Labute approximate surface area is 197 Å². The van der Waals surface area contributed by atoms with E-state index in [0.717, 1.165) is 25.0 Å². The van der Waals surface area contributed by atoms with Crippen LogP contribution in [0.5, 0.6) is 5.95 Å². The van der Waals surface area contributed by atoms with Crippen molar-refractivity contribution < 1.29 is 18.7 Å². The van der Waals surface area contributed by atoms with Crippen LogP contribution < -0.4 is 4.74 Å². The fraction of sp³-hybridized carbons (Fsp3) is 0.571. The molecule has 0 spiro atoms. The van der Waals surface area contributed by atoms with Crippen molar-refractivity contribution in [2.75, 3.05) is 7.11 Å². The number of fused-ring (bicyclic) bond motifs is 2. The quantitative estimate of drug-likeness (QED) is 0.272. The van der Waals surface area contributed by atoms with Crippen molar-refractivity contribution >= 4 is 11.7 Å². The fourth-order valence-corrected chi connectivity index (χ4v) is 5.12. The molecule has 1 fully saturated rings. The van der Waals surface area contributed by atoms with Crippen LogP contribution in [-0.4, -0.2) is 18.8 Å². The molecule has 5 nitrogen and oxygen atoms in total. The first kappa shape index (κ1) is 23.6. The van der Waals surface area contributed by atoms with Crippen LogP contribution in [0.15, 0.2) is 56.3 Å². The van der Waals surface area contributed by atoms with E-state index in [0.29, 0.717) is 11.7 Å². The van der Waals surface area contributed by atoms with Gasteiger partial charge in [0.1, 0.15) is 5.70 Å². The lowest BCUT2D eigenvalue weighted by Gasteiger charge is -2.31. The molecule has 0 N–H and O–H groups in total. The normalized spacial score (nSPS) is 21.1. The van der Waals surface area contributed by atoms with Crippen molar-refractivity contribution in [1.29, 1.82) is 0 Å². The van der Waals surface area contributed by atoms with E-state index in [1.165, 1.54) is 68.9 Å². The van der Waals surface area contributed by atoms with Crippen molar-refractivity contribution in [2.24, 2.45) is 16.3 Å². The lowest BCUT2D eigenvalue weighted by atomic mass is 9.72. The summed E-state index contributed by atoms with van der Waals surface area (Å²) in [6, 6.07) is 3.23. The largest absolute Gasteiger partial charge is 0.463 e. The number of carbonyl (C=O) groups excluding carboxylic acids is 1. The van der Waals surface area contributed by atoms with Crippen LogP contribution in [0.25, 0.3) is 0 Å².